The van der Waals surface area contributed by atoms with Crippen LogP contribution in [0.25, 0.3) is 0 Å². The Bertz CT molecular complexity index is 356. The van der Waals surface area contributed by atoms with Gasteiger partial charge in [0.1, 0.15) is 11.9 Å². The van der Waals surface area contributed by atoms with Crippen molar-refractivity contribution in [1.82, 2.24) is 0 Å². The molecule has 0 heterocycles. The molecule has 1 unspecified atom stereocenters. The SMILES string of the molecule is CCCCCCCCCCC(CS(=O)(=O)O)OC(C)=O.[NaH]. The Hall–Kier alpha value is 0.380. The number of hydrogen-bond donors (Lipinski definition) is 1. The Morgan fingerprint density at radius 3 is 1.95 bits per heavy atom. The molecule has 0 saturated carbocycles. The summed E-state index contributed by atoms with van der Waals surface area (Å²) in [6, 6.07) is 0. The molecule has 0 radical (unpaired) electrons. The van der Waals surface area contributed by atoms with Crippen LogP contribution in [0, 0.1) is 0 Å². The first kappa shape index (κ1) is 23.6. The van der Waals surface area contributed by atoms with E-state index in [4.69, 9.17) is 9.29 Å². The topological polar surface area (TPSA) is 80.7 Å². The van der Waals surface area contributed by atoms with Crippen LogP contribution in [0.4, 0.5) is 0 Å². The summed E-state index contributed by atoms with van der Waals surface area (Å²) >= 11 is 0. The maximum atomic E-state index is 10.9. The molecule has 0 amide bonds. The predicted molar refractivity (Wildman–Crippen MR) is 86.3 cm³/mol. The minimum absolute atomic E-state index is 0. The van der Waals surface area contributed by atoms with Crippen molar-refractivity contribution < 1.29 is 22.5 Å². The fourth-order valence-corrected chi connectivity index (χ4v) is 2.86. The minimum atomic E-state index is -4.10. The van der Waals surface area contributed by atoms with Gasteiger partial charge in [-0.3, -0.25) is 9.35 Å². The van der Waals surface area contributed by atoms with Crippen LogP contribution in [0.3, 0.4) is 0 Å². The molecule has 0 fully saturated rings. The van der Waals surface area contributed by atoms with Crippen LogP contribution in [0.5, 0.6) is 0 Å². The van der Waals surface area contributed by atoms with E-state index in [-0.39, 0.29) is 29.6 Å². The molecule has 1 atom stereocenters. The summed E-state index contributed by atoms with van der Waals surface area (Å²) < 4.78 is 35.4. The van der Waals surface area contributed by atoms with E-state index in [1.54, 1.807) is 0 Å². The van der Waals surface area contributed by atoms with Crippen molar-refractivity contribution in [3.63, 3.8) is 0 Å². The normalized spacial score (nSPS) is 12.5. The van der Waals surface area contributed by atoms with Crippen molar-refractivity contribution >= 4 is 45.6 Å². The zero-order chi connectivity index (χ0) is 15.4. The summed E-state index contributed by atoms with van der Waals surface area (Å²) in [5.74, 6) is -1.03. The average molecular weight is 332 g/mol. The first-order valence-electron chi connectivity index (χ1n) is 7.47. The number of ether oxygens (including phenoxy) is 1. The summed E-state index contributed by atoms with van der Waals surface area (Å²) in [4.78, 5) is 10.9. The van der Waals surface area contributed by atoms with Crippen LogP contribution in [0.1, 0.15) is 71.6 Å². The van der Waals surface area contributed by atoms with Gasteiger partial charge in [-0.25, -0.2) is 0 Å². The predicted octanol–water partition coefficient (Wildman–Crippen LogP) is 2.69. The fraction of sp³-hybridized carbons (Fsp3) is 0.929. The molecule has 1 N–H and O–H groups in total. The van der Waals surface area contributed by atoms with Crippen molar-refractivity contribution in [2.75, 3.05) is 5.75 Å². The van der Waals surface area contributed by atoms with Gasteiger partial charge in [0.25, 0.3) is 10.1 Å². The molecule has 7 heteroatoms. The number of carbonyl (C=O) groups is 1. The zero-order valence-corrected chi connectivity index (χ0v) is 13.5. The van der Waals surface area contributed by atoms with E-state index in [0.717, 1.165) is 19.3 Å². The molecule has 5 nitrogen and oxygen atoms in total. The summed E-state index contributed by atoms with van der Waals surface area (Å²) in [6.07, 6.45) is 8.89. The van der Waals surface area contributed by atoms with Crippen molar-refractivity contribution in [3.05, 3.63) is 0 Å². The molecule has 21 heavy (non-hydrogen) atoms. The number of hydrogen-bond acceptors (Lipinski definition) is 4. The Balaban J connectivity index is 0. The van der Waals surface area contributed by atoms with Gasteiger partial charge in [0.2, 0.25) is 0 Å². The van der Waals surface area contributed by atoms with Crippen molar-refractivity contribution in [2.45, 2.75) is 77.7 Å². The van der Waals surface area contributed by atoms with Crippen LogP contribution in [0.2, 0.25) is 0 Å². The van der Waals surface area contributed by atoms with Gasteiger partial charge in [-0.2, -0.15) is 8.42 Å². The van der Waals surface area contributed by atoms with E-state index in [1.807, 2.05) is 0 Å². The Morgan fingerprint density at radius 2 is 1.52 bits per heavy atom. The molecule has 0 aliphatic heterocycles. The third-order valence-corrected chi connectivity index (χ3v) is 3.90. The van der Waals surface area contributed by atoms with Gasteiger partial charge in [-0.1, -0.05) is 51.9 Å². The van der Waals surface area contributed by atoms with Crippen LogP contribution in [0.15, 0.2) is 0 Å². The van der Waals surface area contributed by atoms with Crippen molar-refractivity contribution in [1.29, 1.82) is 0 Å². The Kier molecular flexibility index (Phi) is 15.8. The number of esters is 1. The van der Waals surface area contributed by atoms with Gasteiger partial charge in [0, 0.05) is 6.92 Å². The second-order valence-electron chi connectivity index (χ2n) is 5.24. The number of unbranched alkanes of at least 4 members (excludes halogenated alkanes) is 7. The molecule has 0 aromatic carbocycles. The molecule has 0 saturated heterocycles. The molecule has 0 aliphatic carbocycles. The summed E-state index contributed by atoms with van der Waals surface area (Å²) in [5.41, 5.74) is 0. The summed E-state index contributed by atoms with van der Waals surface area (Å²) in [5, 5.41) is 0. The number of carbonyl (C=O) groups excluding carboxylic acids is 1. The van der Waals surface area contributed by atoms with Crippen molar-refractivity contribution in [3.8, 4) is 0 Å². The molecule has 0 bridgehead atoms. The van der Waals surface area contributed by atoms with Crippen LogP contribution >= 0.6 is 0 Å². The Labute approximate surface area is 151 Å². The van der Waals surface area contributed by atoms with Gasteiger partial charge in [-0.15, -0.1) is 0 Å². The molecule has 0 aliphatic rings. The van der Waals surface area contributed by atoms with Gasteiger partial charge in [-0.05, 0) is 12.8 Å². The van der Waals surface area contributed by atoms with Gasteiger partial charge in [0.15, 0.2) is 0 Å². The second-order valence-corrected chi connectivity index (χ2v) is 6.74. The Morgan fingerprint density at radius 1 is 1.05 bits per heavy atom. The standard InChI is InChI=1S/C14H28O5S.Na.H/c1-3-4-5-6-7-8-9-10-11-14(19-13(2)15)12-20(16,17)18;;/h14H,3-12H2,1-2H3,(H,16,17,18);;. The first-order valence-corrected chi connectivity index (χ1v) is 9.08. The van der Waals surface area contributed by atoms with Gasteiger partial charge < -0.3 is 4.74 Å². The van der Waals surface area contributed by atoms with Crippen LogP contribution in [-0.4, -0.2) is 60.4 Å². The maximum absolute atomic E-state index is 10.9. The third kappa shape index (κ3) is 18.3. The fourth-order valence-electron chi connectivity index (χ4n) is 2.15. The molecule has 0 rings (SSSR count). The van der Waals surface area contributed by atoms with Crippen molar-refractivity contribution in [2.24, 2.45) is 0 Å². The third-order valence-electron chi connectivity index (χ3n) is 3.11. The van der Waals surface area contributed by atoms with Gasteiger partial charge in [0.05, 0.1) is 0 Å². The molecular formula is C14H29NaO5S. The zero-order valence-electron chi connectivity index (χ0n) is 12.6. The monoisotopic (exact) mass is 332 g/mol. The molecule has 0 aromatic rings. The summed E-state index contributed by atoms with van der Waals surface area (Å²) in [7, 11) is -4.10. The molecular weight excluding hydrogens is 303 g/mol. The molecule has 0 spiro atoms. The number of rotatable bonds is 12. The molecule has 122 valence electrons. The van der Waals surface area contributed by atoms with E-state index in [2.05, 4.69) is 6.92 Å². The van der Waals surface area contributed by atoms with E-state index in [9.17, 15) is 13.2 Å². The molecule has 0 aromatic heterocycles. The second kappa shape index (κ2) is 14.0. The summed E-state index contributed by atoms with van der Waals surface area (Å²) in [6.45, 7) is 3.43. The van der Waals surface area contributed by atoms with Gasteiger partial charge >= 0.3 is 35.5 Å². The van der Waals surface area contributed by atoms with E-state index in [0.29, 0.717) is 6.42 Å². The average Bonchev–Trinajstić information content (AvgIpc) is 2.29. The quantitative estimate of drug-likeness (QED) is 0.257. The van der Waals surface area contributed by atoms with Crippen LogP contribution in [-0.2, 0) is 19.6 Å². The van der Waals surface area contributed by atoms with E-state index >= 15 is 0 Å². The van der Waals surface area contributed by atoms with Crippen LogP contribution < -0.4 is 0 Å². The van der Waals surface area contributed by atoms with E-state index < -0.39 is 27.9 Å². The van der Waals surface area contributed by atoms with E-state index in [1.165, 1.54) is 39.0 Å². The first-order chi connectivity index (χ1) is 9.35.